The average Bonchev–Trinajstić information content (AvgIpc) is 3.00. The summed E-state index contributed by atoms with van der Waals surface area (Å²) in [4.78, 5) is 36.0. The molecule has 0 fully saturated rings. The molecule has 0 saturated heterocycles. The molecule has 1 aromatic carbocycles. The number of furan rings is 1. The molecule has 0 saturated carbocycles. The van der Waals surface area contributed by atoms with E-state index in [1.165, 1.54) is 6.26 Å². The number of aryl methyl sites for hydroxylation is 2. The molecule has 3 aromatic rings. The van der Waals surface area contributed by atoms with Crippen molar-refractivity contribution in [2.75, 3.05) is 12.0 Å². The smallest absolute Gasteiger partial charge is 0.340 e. The highest BCUT2D eigenvalue weighted by Gasteiger charge is 2.19. The number of carbonyl (C=O) groups is 2. The van der Waals surface area contributed by atoms with Crippen LogP contribution in [0.5, 0.6) is 0 Å². The molecular weight excluding hydrogens is 398 g/mol. The highest BCUT2D eigenvalue weighted by atomic mass is 32.2. The van der Waals surface area contributed by atoms with Crippen molar-refractivity contribution in [3.05, 3.63) is 45.5 Å². The van der Waals surface area contributed by atoms with E-state index in [2.05, 4.69) is 5.32 Å². The number of carbonyl (C=O) groups excluding carboxylic acids is 2. The van der Waals surface area contributed by atoms with Crippen molar-refractivity contribution in [2.45, 2.75) is 32.7 Å². The quantitative estimate of drug-likeness (QED) is 0.559. The Morgan fingerprint density at radius 1 is 1.21 bits per heavy atom. The van der Waals surface area contributed by atoms with Gasteiger partial charge in [0.25, 0.3) is 0 Å². The lowest BCUT2D eigenvalue weighted by Gasteiger charge is -2.19. The van der Waals surface area contributed by atoms with Crippen LogP contribution in [0.2, 0.25) is 0 Å². The van der Waals surface area contributed by atoms with Crippen molar-refractivity contribution in [1.82, 2.24) is 5.32 Å². The zero-order valence-corrected chi connectivity index (χ0v) is 17.0. The Morgan fingerprint density at radius 2 is 1.93 bits per heavy atom. The van der Waals surface area contributed by atoms with E-state index in [1.54, 1.807) is 19.3 Å². The van der Waals surface area contributed by atoms with Gasteiger partial charge in [0.1, 0.15) is 11.2 Å². The van der Waals surface area contributed by atoms with Gasteiger partial charge in [0, 0.05) is 39.6 Å². The monoisotopic (exact) mass is 418 g/mol. The van der Waals surface area contributed by atoms with Crippen molar-refractivity contribution >= 4 is 44.6 Å². The standard InChI is InChI=1S/C20H21NO7S/c1-10-9-27-16-8-17-13(6-12(10)16)11(2)14(20(25)28-17)7-18(22)21-15(19(23)24)4-5-29(3)26/h6,8-9,15H,4-5,7H2,1-3H3,(H,21,22)(H,23,24)/p-1/t15-,29+/m0/s1. The minimum absolute atomic E-state index is 0.0275. The van der Waals surface area contributed by atoms with Crippen molar-refractivity contribution in [2.24, 2.45) is 0 Å². The molecule has 3 rings (SSSR count). The number of hydrogen-bond donors (Lipinski definition) is 1. The minimum Gasteiger partial charge on any atom is -0.548 e. The highest BCUT2D eigenvalue weighted by molar-refractivity contribution is 7.84. The van der Waals surface area contributed by atoms with Crippen LogP contribution in [0.3, 0.4) is 0 Å². The van der Waals surface area contributed by atoms with E-state index >= 15 is 0 Å². The number of nitrogens with one attached hydrogen (secondary N) is 1. The summed E-state index contributed by atoms with van der Waals surface area (Å²) in [6.45, 7) is 3.60. The summed E-state index contributed by atoms with van der Waals surface area (Å²) in [5, 5.41) is 15.1. The number of aliphatic carboxylic acids is 1. The summed E-state index contributed by atoms with van der Waals surface area (Å²) in [6.07, 6.45) is 2.68. The number of hydrogen-bond acceptors (Lipinski definition) is 7. The van der Waals surface area contributed by atoms with Gasteiger partial charge in [-0.05, 0) is 37.5 Å². The molecule has 0 bridgehead atoms. The van der Waals surface area contributed by atoms with Gasteiger partial charge in [0.15, 0.2) is 0 Å². The van der Waals surface area contributed by atoms with E-state index in [4.69, 9.17) is 8.83 Å². The first-order chi connectivity index (χ1) is 13.7. The molecule has 9 heteroatoms. The summed E-state index contributed by atoms with van der Waals surface area (Å²) in [5.74, 6) is -2.02. The maximum atomic E-state index is 12.4. The van der Waals surface area contributed by atoms with Crippen molar-refractivity contribution in [3.63, 3.8) is 0 Å². The van der Waals surface area contributed by atoms with Gasteiger partial charge in [-0.25, -0.2) is 4.79 Å². The van der Waals surface area contributed by atoms with E-state index in [0.29, 0.717) is 22.1 Å². The fraction of sp³-hybridized carbons (Fsp3) is 0.350. The van der Waals surface area contributed by atoms with E-state index in [1.807, 2.05) is 13.0 Å². The summed E-state index contributed by atoms with van der Waals surface area (Å²) in [6, 6.07) is 2.18. The van der Waals surface area contributed by atoms with Gasteiger partial charge in [-0.2, -0.15) is 0 Å². The van der Waals surface area contributed by atoms with Gasteiger partial charge < -0.3 is 24.1 Å². The number of amides is 1. The van der Waals surface area contributed by atoms with E-state index in [-0.39, 0.29) is 24.2 Å². The lowest BCUT2D eigenvalue weighted by Crippen LogP contribution is -2.49. The molecule has 8 nitrogen and oxygen atoms in total. The SMILES string of the molecule is Cc1coc2cc3oc(=O)c(CC(=O)N[C@@H](CC[S@@](C)=O)C(=O)[O-])c(C)c3cc12. The number of benzene rings is 1. The topological polar surface area (TPSA) is 130 Å². The zero-order valence-electron chi connectivity index (χ0n) is 16.2. The third-order valence-electron chi connectivity index (χ3n) is 4.83. The third kappa shape index (κ3) is 4.40. The number of rotatable bonds is 7. The molecule has 1 amide bonds. The summed E-state index contributed by atoms with van der Waals surface area (Å²) in [7, 11) is -1.20. The van der Waals surface area contributed by atoms with Crippen LogP contribution in [0.1, 0.15) is 23.1 Å². The lowest BCUT2D eigenvalue weighted by atomic mass is 10.0. The molecule has 0 unspecified atom stereocenters. The Morgan fingerprint density at radius 3 is 2.59 bits per heavy atom. The number of carboxylic acid groups (broad SMARTS) is 1. The molecule has 0 aliphatic rings. The Balaban J connectivity index is 1.90. The van der Waals surface area contributed by atoms with Crippen LogP contribution >= 0.6 is 0 Å². The first kappa shape index (κ1) is 20.8. The fourth-order valence-electron chi connectivity index (χ4n) is 3.18. The van der Waals surface area contributed by atoms with Crippen LogP contribution in [0.15, 0.2) is 32.0 Å². The molecule has 0 aliphatic heterocycles. The molecule has 0 spiro atoms. The molecule has 29 heavy (non-hydrogen) atoms. The number of fused-ring (bicyclic) bond motifs is 2. The van der Waals surface area contributed by atoms with E-state index in [0.717, 1.165) is 10.9 Å². The molecule has 2 heterocycles. The van der Waals surface area contributed by atoms with Crippen molar-refractivity contribution in [1.29, 1.82) is 0 Å². The predicted molar refractivity (Wildman–Crippen MR) is 106 cm³/mol. The van der Waals surface area contributed by atoms with Crippen LogP contribution in [-0.2, 0) is 26.8 Å². The molecule has 2 atom stereocenters. The molecule has 2 aromatic heterocycles. The Kier molecular flexibility index (Phi) is 5.88. The normalized spacial score (nSPS) is 13.5. The molecule has 154 valence electrons. The van der Waals surface area contributed by atoms with Gasteiger partial charge in [0.2, 0.25) is 5.91 Å². The largest absolute Gasteiger partial charge is 0.548 e. The van der Waals surface area contributed by atoms with Gasteiger partial charge in [-0.15, -0.1) is 0 Å². The molecular formula is C20H20NO7S-. The van der Waals surface area contributed by atoms with Gasteiger partial charge in [-0.1, -0.05) is 0 Å². The Bertz CT molecular complexity index is 1190. The van der Waals surface area contributed by atoms with Crippen molar-refractivity contribution in [3.8, 4) is 0 Å². The first-order valence-electron chi connectivity index (χ1n) is 8.91. The van der Waals surface area contributed by atoms with Crippen LogP contribution in [0.25, 0.3) is 21.9 Å². The molecule has 1 N–H and O–H groups in total. The van der Waals surface area contributed by atoms with Crippen molar-refractivity contribution < 1.29 is 27.7 Å². The zero-order chi connectivity index (χ0) is 21.3. The van der Waals surface area contributed by atoms with Crippen LogP contribution in [-0.4, -0.2) is 34.1 Å². The average molecular weight is 418 g/mol. The highest BCUT2D eigenvalue weighted by Crippen LogP contribution is 2.28. The maximum Gasteiger partial charge on any atom is 0.340 e. The Labute approximate surface area is 168 Å². The van der Waals surface area contributed by atoms with Gasteiger partial charge in [-0.3, -0.25) is 9.00 Å². The molecule has 0 radical (unpaired) electrons. The fourth-order valence-corrected chi connectivity index (χ4v) is 3.75. The Hall–Kier alpha value is -2.94. The second kappa shape index (κ2) is 8.20. The first-order valence-corrected chi connectivity index (χ1v) is 10.6. The second-order valence-corrected chi connectivity index (χ2v) is 8.49. The summed E-state index contributed by atoms with van der Waals surface area (Å²) < 4.78 is 22.0. The molecule has 0 aliphatic carbocycles. The maximum absolute atomic E-state index is 12.4. The summed E-state index contributed by atoms with van der Waals surface area (Å²) >= 11 is 0. The second-order valence-electron chi connectivity index (χ2n) is 6.94. The lowest BCUT2D eigenvalue weighted by molar-refractivity contribution is -0.308. The van der Waals surface area contributed by atoms with Gasteiger partial charge >= 0.3 is 5.63 Å². The predicted octanol–water partition coefficient (Wildman–Crippen LogP) is 0.702. The van der Waals surface area contributed by atoms with Gasteiger partial charge in [0.05, 0.1) is 30.3 Å². The van der Waals surface area contributed by atoms with E-state index < -0.39 is 34.3 Å². The third-order valence-corrected chi connectivity index (χ3v) is 5.64. The minimum atomic E-state index is -1.47. The number of carboxylic acids is 1. The van der Waals surface area contributed by atoms with Crippen LogP contribution in [0.4, 0.5) is 0 Å². The van der Waals surface area contributed by atoms with E-state index in [9.17, 15) is 23.7 Å². The van der Waals surface area contributed by atoms with Crippen LogP contribution < -0.4 is 16.0 Å². The van der Waals surface area contributed by atoms with Crippen LogP contribution in [0, 0.1) is 13.8 Å². The summed E-state index contributed by atoms with van der Waals surface area (Å²) in [5.41, 5.74) is 1.91.